The van der Waals surface area contributed by atoms with Gasteiger partial charge in [0.25, 0.3) is 0 Å². The lowest BCUT2D eigenvalue weighted by Gasteiger charge is -2.07. The summed E-state index contributed by atoms with van der Waals surface area (Å²) in [6.07, 6.45) is 0. The van der Waals surface area contributed by atoms with Crippen LogP contribution in [0.1, 0.15) is 16.7 Å². The highest BCUT2D eigenvalue weighted by Gasteiger charge is 2.10. The lowest BCUT2D eigenvalue weighted by molar-refractivity contribution is 0.675. The van der Waals surface area contributed by atoms with Crippen LogP contribution in [0, 0.1) is 13.8 Å². The quantitative estimate of drug-likeness (QED) is 0.658. The molecule has 0 amide bonds. The van der Waals surface area contributed by atoms with Crippen LogP contribution in [-0.4, -0.2) is 9.38 Å². The van der Waals surface area contributed by atoms with E-state index in [4.69, 9.17) is 23.2 Å². The Morgan fingerprint density at radius 2 is 1.81 bits per heavy atom. The second-order valence-corrected chi connectivity index (χ2v) is 6.46. The summed E-state index contributed by atoms with van der Waals surface area (Å²) in [7, 11) is -1.46. The first-order valence-corrected chi connectivity index (χ1v) is 8.12. The van der Waals surface area contributed by atoms with Crippen LogP contribution < -0.4 is 4.83 Å². The summed E-state index contributed by atoms with van der Waals surface area (Å²) in [6, 6.07) is 12.8. The Morgan fingerprint density at radius 3 is 2.43 bits per heavy atom. The molecule has 0 aliphatic carbocycles. The highest BCUT2D eigenvalue weighted by Crippen LogP contribution is 2.21. The summed E-state index contributed by atoms with van der Waals surface area (Å²) in [5, 5.41) is 4.65. The van der Waals surface area contributed by atoms with E-state index in [-0.39, 0.29) is 5.17 Å². The van der Waals surface area contributed by atoms with E-state index in [1.807, 2.05) is 38.1 Å². The molecule has 1 atom stereocenters. The fraction of sp³-hybridized carbons (Fsp3) is 0.133. The molecule has 0 aliphatic heterocycles. The summed E-state index contributed by atoms with van der Waals surface area (Å²) < 4.78 is 12.1. The van der Waals surface area contributed by atoms with Gasteiger partial charge in [0.15, 0.2) is 16.2 Å². The van der Waals surface area contributed by atoms with Gasteiger partial charge in [-0.1, -0.05) is 53.0 Å². The minimum absolute atomic E-state index is 0.179. The number of nitrogens with zero attached hydrogens (tertiary/aromatic N) is 1. The van der Waals surface area contributed by atoms with E-state index in [9.17, 15) is 4.21 Å². The van der Waals surface area contributed by atoms with E-state index in [1.165, 1.54) is 0 Å². The van der Waals surface area contributed by atoms with E-state index in [1.54, 1.807) is 18.2 Å². The molecular formula is C15H14Cl2N2OS. The van der Waals surface area contributed by atoms with Crippen LogP contribution in [0.15, 0.2) is 52.5 Å². The molecule has 0 saturated carbocycles. The number of hydrogen-bond acceptors (Lipinski definition) is 2. The maximum Gasteiger partial charge on any atom is 0.166 e. The van der Waals surface area contributed by atoms with Gasteiger partial charge in [-0.15, -0.1) is 0 Å². The molecule has 110 valence electrons. The van der Waals surface area contributed by atoms with Crippen LogP contribution in [0.3, 0.4) is 0 Å². The molecule has 0 bridgehead atoms. The van der Waals surface area contributed by atoms with Crippen molar-refractivity contribution in [3.8, 4) is 0 Å². The fourth-order valence-corrected chi connectivity index (χ4v) is 3.11. The zero-order valence-electron chi connectivity index (χ0n) is 11.6. The average molecular weight is 341 g/mol. The molecule has 0 radical (unpaired) electrons. The van der Waals surface area contributed by atoms with Gasteiger partial charge in [-0.05, 0) is 37.6 Å². The van der Waals surface area contributed by atoms with Gasteiger partial charge in [-0.3, -0.25) is 0 Å². The van der Waals surface area contributed by atoms with Crippen molar-refractivity contribution in [2.24, 2.45) is 5.10 Å². The van der Waals surface area contributed by atoms with Crippen molar-refractivity contribution in [2.75, 3.05) is 0 Å². The highest BCUT2D eigenvalue weighted by molar-refractivity contribution is 7.83. The van der Waals surface area contributed by atoms with Gasteiger partial charge >= 0.3 is 0 Å². The van der Waals surface area contributed by atoms with Crippen LogP contribution in [-0.2, 0) is 11.0 Å². The smallest absolute Gasteiger partial charge is 0.166 e. The zero-order valence-corrected chi connectivity index (χ0v) is 13.9. The molecule has 1 N–H and O–H groups in total. The number of benzene rings is 2. The second kappa shape index (κ2) is 7.07. The molecule has 0 heterocycles. The van der Waals surface area contributed by atoms with Crippen molar-refractivity contribution in [3.05, 3.63) is 64.2 Å². The normalized spacial score (nSPS) is 13.0. The molecule has 0 fully saturated rings. The monoisotopic (exact) mass is 340 g/mol. The van der Waals surface area contributed by atoms with Crippen LogP contribution in [0.25, 0.3) is 0 Å². The zero-order chi connectivity index (χ0) is 15.4. The van der Waals surface area contributed by atoms with Crippen molar-refractivity contribution in [3.63, 3.8) is 0 Å². The predicted octanol–water partition coefficient (Wildman–Crippen LogP) is 4.17. The van der Waals surface area contributed by atoms with Crippen LogP contribution >= 0.6 is 23.2 Å². The molecule has 0 aliphatic rings. The Balaban J connectivity index is 2.17. The van der Waals surface area contributed by atoms with Gasteiger partial charge in [-0.2, -0.15) is 5.10 Å². The molecule has 0 saturated heterocycles. The van der Waals surface area contributed by atoms with E-state index < -0.39 is 11.0 Å². The molecule has 1 unspecified atom stereocenters. The molecular weight excluding hydrogens is 327 g/mol. The average Bonchev–Trinajstić information content (AvgIpc) is 2.45. The third-order valence-corrected chi connectivity index (χ3v) is 4.44. The Kier molecular flexibility index (Phi) is 5.39. The summed E-state index contributed by atoms with van der Waals surface area (Å²) in [5.74, 6) is 0. The topological polar surface area (TPSA) is 41.5 Å². The van der Waals surface area contributed by atoms with Crippen LogP contribution in [0.2, 0.25) is 5.02 Å². The molecule has 2 aromatic carbocycles. The summed E-state index contributed by atoms with van der Waals surface area (Å²) in [4.78, 5) is 3.17. The molecule has 2 rings (SSSR count). The maximum atomic E-state index is 12.1. The van der Waals surface area contributed by atoms with Crippen molar-refractivity contribution in [1.82, 2.24) is 4.83 Å². The first-order chi connectivity index (χ1) is 9.99. The fourth-order valence-electron chi connectivity index (χ4n) is 1.75. The molecule has 2 aromatic rings. The minimum atomic E-state index is -1.46. The number of halogens is 2. The van der Waals surface area contributed by atoms with E-state index in [0.29, 0.717) is 15.5 Å². The molecule has 0 aromatic heterocycles. The molecule has 3 nitrogen and oxygen atoms in total. The number of nitrogens with one attached hydrogen (secondary N) is 1. The lowest BCUT2D eigenvalue weighted by Crippen LogP contribution is -2.13. The van der Waals surface area contributed by atoms with Gasteiger partial charge in [0, 0.05) is 5.56 Å². The third kappa shape index (κ3) is 4.06. The van der Waals surface area contributed by atoms with Gasteiger partial charge in [0.1, 0.15) is 0 Å². The largest absolute Gasteiger partial charge is 0.230 e. The van der Waals surface area contributed by atoms with Gasteiger partial charge in [0.2, 0.25) is 0 Å². The van der Waals surface area contributed by atoms with Crippen LogP contribution in [0.5, 0.6) is 0 Å². The summed E-state index contributed by atoms with van der Waals surface area (Å²) >= 11 is 12.2. The van der Waals surface area contributed by atoms with Gasteiger partial charge in [0.05, 0.1) is 9.92 Å². The standard InChI is InChI=1S/C15H14Cl2N2OS/c1-10-6-8-12(9-7-10)21(20)19-18-15(17)14-11(2)4-3-5-13(14)16/h3-9,19H,1-2H3/b18-15+. The van der Waals surface area contributed by atoms with E-state index >= 15 is 0 Å². The molecule has 0 spiro atoms. The van der Waals surface area contributed by atoms with Gasteiger partial charge in [-0.25, -0.2) is 9.04 Å². The Hall–Kier alpha value is -1.36. The summed E-state index contributed by atoms with van der Waals surface area (Å²) in [5.41, 5.74) is 2.64. The van der Waals surface area contributed by atoms with Crippen molar-refractivity contribution in [1.29, 1.82) is 0 Å². The number of hydrazone groups is 1. The first kappa shape index (κ1) is 16.0. The van der Waals surface area contributed by atoms with E-state index in [2.05, 4.69) is 9.93 Å². The Morgan fingerprint density at radius 1 is 1.14 bits per heavy atom. The molecule has 6 heteroatoms. The van der Waals surface area contributed by atoms with Crippen molar-refractivity contribution < 1.29 is 4.21 Å². The number of hydrogen-bond donors (Lipinski definition) is 1. The third-order valence-electron chi connectivity index (χ3n) is 2.89. The van der Waals surface area contributed by atoms with Crippen molar-refractivity contribution >= 4 is 39.4 Å². The van der Waals surface area contributed by atoms with E-state index in [0.717, 1.165) is 11.1 Å². The van der Waals surface area contributed by atoms with Crippen LogP contribution in [0.4, 0.5) is 0 Å². The molecule has 21 heavy (non-hydrogen) atoms. The van der Waals surface area contributed by atoms with Gasteiger partial charge < -0.3 is 0 Å². The first-order valence-electron chi connectivity index (χ1n) is 6.22. The Bertz CT molecular complexity index is 679. The maximum absolute atomic E-state index is 12.1. The highest BCUT2D eigenvalue weighted by atomic mass is 35.5. The number of aryl methyl sites for hydroxylation is 2. The Labute approximate surface area is 136 Å². The number of rotatable bonds is 4. The minimum Gasteiger partial charge on any atom is -0.230 e. The van der Waals surface area contributed by atoms with Crippen molar-refractivity contribution in [2.45, 2.75) is 18.7 Å². The lowest BCUT2D eigenvalue weighted by atomic mass is 10.1. The second-order valence-electron chi connectivity index (χ2n) is 4.51. The SMILES string of the molecule is Cc1ccc(S(=O)N/N=C(/Cl)c2c(C)cccc2Cl)cc1. The predicted molar refractivity (Wildman–Crippen MR) is 89.3 cm³/mol. The summed E-state index contributed by atoms with van der Waals surface area (Å²) in [6.45, 7) is 3.85.